The number of rotatable bonds is 7. The van der Waals surface area contributed by atoms with Gasteiger partial charge in [-0.2, -0.15) is 0 Å². The van der Waals surface area contributed by atoms with E-state index < -0.39 is 0 Å². The van der Waals surface area contributed by atoms with Crippen LogP contribution in [0.25, 0.3) is 0 Å². The zero-order chi connectivity index (χ0) is 11.8. The first-order chi connectivity index (χ1) is 7.74. The Morgan fingerprint density at radius 3 is 3.06 bits per heavy atom. The number of carbonyl (C=O) groups is 1. The Morgan fingerprint density at radius 2 is 2.44 bits per heavy atom. The molecule has 90 valence electrons. The molecule has 0 aliphatic heterocycles. The molecule has 1 aromatic heterocycles. The van der Waals surface area contributed by atoms with Gasteiger partial charge in [-0.25, -0.2) is 0 Å². The summed E-state index contributed by atoms with van der Waals surface area (Å²) < 4.78 is 9.81. The van der Waals surface area contributed by atoms with E-state index in [2.05, 4.69) is 5.32 Å². The molecule has 1 amide bonds. The minimum atomic E-state index is 0.0531. The zero-order valence-corrected chi connectivity index (χ0v) is 9.73. The van der Waals surface area contributed by atoms with E-state index >= 15 is 0 Å². The molecule has 0 unspecified atom stereocenters. The number of hydrogen-bond donors (Lipinski definition) is 1. The summed E-state index contributed by atoms with van der Waals surface area (Å²) in [6.45, 7) is 2.19. The van der Waals surface area contributed by atoms with Crippen LogP contribution in [0, 0.1) is 0 Å². The second-order valence-corrected chi connectivity index (χ2v) is 3.55. The molecule has 0 saturated heterocycles. The van der Waals surface area contributed by atoms with Crippen molar-refractivity contribution in [2.24, 2.45) is 0 Å². The normalized spacial score (nSPS) is 10.4. The number of amides is 1. The highest BCUT2D eigenvalue weighted by Gasteiger charge is 2.08. The quantitative estimate of drug-likeness (QED) is 0.687. The SMILES string of the molecule is COCCNCC(=O)N(C)Cc1ccoc1. The molecule has 0 aromatic carbocycles. The Labute approximate surface area is 95.4 Å². The van der Waals surface area contributed by atoms with Crippen molar-refractivity contribution in [3.63, 3.8) is 0 Å². The molecule has 0 aliphatic rings. The Kier molecular flexibility index (Phi) is 5.60. The van der Waals surface area contributed by atoms with Crippen molar-refractivity contribution in [2.75, 3.05) is 33.9 Å². The molecular weight excluding hydrogens is 208 g/mol. The maximum atomic E-state index is 11.6. The van der Waals surface area contributed by atoms with E-state index in [4.69, 9.17) is 9.15 Å². The summed E-state index contributed by atoms with van der Waals surface area (Å²) in [5.41, 5.74) is 0.993. The van der Waals surface area contributed by atoms with Crippen molar-refractivity contribution >= 4 is 5.91 Å². The molecule has 0 bridgehead atoms. The summed E-state index contributed by atoms with van der Waals surface area (Å²) >= 11 is 0. The van der Waals surface area contributed by atoms with Gasteiger partial charge in [0.2, 0.25) is 5.91 Å². The van der Waals surface area contributed by atoms with Crippen molar-refractivity contribution in [1.29, 1.82) is 0 Å². The lowest BCUT2D eigenvalue weighted by Crippen LogP contribution is -2.36. The number of methoxy groups -OCH3 is 1. The standard InChI is InChI=1S/C11H18N2O3/c1-13(8-10-3-5-16-9-10)11(14)7-12-4-6-15-2/h3,5,9,12H,4,6-8H2,1-2H3. The summed E-state index contributed by atoms with van der Waals surface area (Å²) in [5, 5.41) is 3.01. The number of carbonyl (C=O) groups excluding carboxylic acids is 1. The van der Waals surface area contributed by atoms with Crippen LogP contribution in [0.15, 0.2) is 23.0 Å². The van der Waals surface area contributed by atoms with Crippen LogP contribution < -0.4 is 5.32 Å². The maximum Gasteiger partial charge on any atom is 0.236 e. The minimum Gasteiger partial charge on any atom is -0.472 e. The van der Waals surface area contributed by atoms with Crippen LogP contribution in [0.4, 0.5) is 0 Å². The molecule has 1 N–H and O–H groups in total. The van der Waals surface area contributed by atoms with Gasteiger partial charge in [-0.15, -0.1) is 0 Å². The van der Waals surface area contributed by atoms with E-state index in [9.17, 15) is 4.79 Å². The van der Waals surface area contributed by atoms with Crippen molar-refractivity contribution in [3.8, 4) is 0 Å². The summed E-state index contributed by atoms with van der Waals surface area (Å²) in [6, 6.07) is 1.85. The van der Waals surface area contributed by atoms with Crippen LogP contribution in [0.3, 0.4) is 0 Å². The van der Waals surface area contributed by atoms with Crippen molar-refractivity contribution < 1.29 is 13.9 Å². The van der Waals surface area contributed by atoms with E-state index in [1.807, 2.05) is 6.07 Å². The van der Waals surface area contributed by atoms with Gasteiger partial charge >= 0.3 is 0 Å². The number of nitrogens with zero attached hydrogens (tertiary/aromatic N) is 1. The van der Waals surface area contributed by atoms with E-state index in [-0.39, 0.29) is 5.91 Å². The second kappa shape index (κ2) is 7.03. The van der Waals surface area contributed by atoms with Gasteiger partial charge in [-0.1, -0.05) is 0 Å². The van der Waals surface area contributed by atoms with Crippen LogP contribution in [0.1, 0.15) is 5.56 Å². The Morgan fingerprint density at radius 1 is 1.62 bits per heavy atom. The average molecular weight is 226 g/mol. The van der Waals surface area contributed by atoms with Crippen LogP contribution in [-0.4, -0.2) is 44.7 Å². The summed E-state index contributed by atoms with van der Waals surface area (Å²) in [5.74, 6) is 0.0531. The predicted octanol–water partition coefficient (Wildman–Crippen LogP) is 0.474. The smallest absolute Gasteiger partial charge is 0.236 e. The van der Waals surface area contributed by atoms with E-state index in [0.717, 1.165) is 5.56 Å². The molecule has 1 aromatic rings. The first-order valence-electron chi connectivity index (χ1n) is 5.18. The van der Waals surface area contributed by atoms with E-state index in [1.165, 1.54) is 0 Å². The average Bonchev–Trinajstić information content (AvgIpc) is 2.76. The third kappa shape index (κ3) is 4.46. The molecule has 1 heterocycles. The fraction of sp³-hybridized carbons (Fsp3) is 0.545. The van der Waals surface area contributed by atoms with Gasteiger partial charge in [0.15, 0.2) is 0 Å². The van der Waals surface area contributed by atoms with Gasteiger partial charge in [0.1, 0.15) is 0 Å². The Hall–Kier alpha value is -1.33. The number of ether oxygens (including phenoxy) is 1. The number of hydrogen-bond acceptors (Lipinski definition) is 4. The molecule has 0 spiro atoms. The first-order valence-corrected chi connectivity index (χ1v) is 5.18. The lowest BCUT2D eigenvalue weighted by Gasteiger charge is -2.16. The fourth-order valence-electron chi connectivity index (χ4n) is 1.25. The second-order valence-electron chi connectivity index (χ2n) is 3.55. The van der Waals surface area contributed by atoms with Crippen LogP contribution >= 0.6 is 0 Å². The molecule has 1 rings (SSSR count). The minimum absolute atomic E-state index is 0.0531. The monoisotopic (exact) mass is 226 g/mol. The maximum absolute atomic E-state index is 11.6. The Balaban J connectivity index is 2.20. The fourth-order valence-corrected chi connectivity index (χ4v) is 1.25. The molecule has 5 heteroatoms. The zero-order valence-electron chi connectivity index (χ0n) is 9.73. The number of likely N-dealkylation sites (N-methyl/N-ethyl adjacent to an activating group) is 1. The van der Waals surface area contributed by atoms with Gasteiger partial charge in [0, 0.05) is 32.8 Å². The molecule has 0 atom stereocenters. The highest BCUT2D eigenvalue weighted by atomic mass is 16.5. The summed E-state index contributed by atoms with van der Waals surface area (Å²) in [7, 11) is 3.40. The van der Waals surface area contributed by atoms with Crippen molar-refractivity contribution in [1.82, 2.24) is 10.2 Å². The van der Waals surface area contributed by atoms with Gasteiger partial charge in [-0.05, 0) is 6.07 Å². The number of nitrogens with one attached hydrogen (secondary N) is 1. The lowest BCUT2D eigenvalue weighted by molar-refractivity contribution is -0.129. The molecular formula is C11H18N2O3. The third-order valence-corrected chi connectivity index (χ3v) is 2.18. The van der Waals surface area contributed by atoms with Gasteiger partial charge in [0.25, 0.3) is 0 Å². The van der Waals surface area contributed by atoms with Gasteiger partial charge < -0.3 is 19.4 Å². The van der Waals surface area contributed by atoms with Gasteiger partial charge in [-0.3, -0.25) is 4.79 Å². The van der Waals surface area contributed by atoms with Crippen molar-refractivity contribution in [2.45, 2.75) is 6.54 Å². The highest BCUT2D eigenvalue weighted by Crippen LogP contribution is 2.03. The molecule has 0 fully saturated rings. The first kappa shape index (κ1) is 12.7. The molecule has 0 radical (unpaired) electrons. The van der Waals surface area contributed by atoms with Gasteiger partial charge in [0.05, 0.1) is 25.7 Å². The van der Waals surface area contributed by atoms with Crippen LogP contribution in [-0.2, 0) is 16.1 Å². The summed E-state index contributed by atoms with van der Waals surface area (Å²) in [4.78, 5) is 13.3. The van der Waals surface area contributed by atoms with E-state index in [0.29, 0.717) is 26.2 Å². The molecule has 16 heavy (non-hydrogen) atoms. The van der Waals surface area contributed by atoms with E-state index in [1.54, 1.807) is 31.6 Å². The molecule has 0 saturated carbocycles. The lowest BCUT2D eigenvalue weighted by atomic mass is 10.3. The predicted molar refractivity (Wildman–Crippen MR) is 59.9 cm³/mol. The van der Waals surface area contributed by atoms with Crippen LogP contribution in [0.5, 0.6) is 0 Å². The number of furan rings is 1. The summed E-state index contributed by atoms with van der Waals surface area (Å²) in [6.07, 6.45) is 3.24. The van der Waals surface area contributed by atoms with Crippen molar-refractivity contribution in [3.05, 3.63) is 24.2 Å². The topological polar surface area (TPSA) is 54.7 Å². The highest BCUT2D eigenvalue weighted by molar-refractivity contribution is 5.77. The Bertz CT molecular complexity index is 298. The molecule has 5 nitrogen and oxygen atoms in total. The van der Waals surface area contributed by atoms with Crippen LogP contribution in [0.2, 0.25) is 0 Å². The third-order valence-electron chi connectivity index (χ3n) is 2.18. The largest absolute Gasteiger partial charge is 0.472 e. The molecule has 0 aliphatic carbocycles.